The molecule has 1 atom stereocenters. The van der Waals surface area contributed by atoms with Gasteiger partial charge in [0.25, 0.3) is 0 Å². The summed E-state index contributed by atoms with van der Waals surface area (Å²) in [5, 5.41) is 9.42. The molecule has 0 bridgehead atoms. The number of hydrogen-bond acceptors (Lipinski definition) is 4. The summed E-state index contributed by atoms with van der Waals surface area (Å²) in [5.74, 6) is -0.504. The van der Waals surface area contributed by atoms with Crippen LogP contribution in [0.3, 0.4) is 0 Å². The molecule has 1 aromatic carbocycles. The van der Waals surface area contributed by atoms with Crippen LogP contribution in [0.25, 0.3) is 0 Å². The number of amides is 2. The van der Waals surface area contributed by atoms with E-state index in [1.54, 1.807) is 0 Å². The highest BCUT2D eigenvalue weighted by atomic mass is 32.2. The average molecular weight is 320 g/mol. The Hall–Kier alpha value is -2.02. The highest BCUT2D eigenvalue weighted by Gasteiger charge is 2.36. The minimum absolute atomic E-state index is 0.0439. The van der Waals surface area contributed by atoms with Crippen LogP contribution in [-0.2, 0) is 27.3 Å². The predicted molar refractivity (Wildman–Crippen MR) is 81.2 cm³/mol. The van der Waals surface area contributed by atoms with Gasteiger partial charge in [0.05, 0.1) is 11.6 Å². The zero-order valence-corrected chi connectivity index (χ0v) is 12.7. The number of carbonyl (C=O) groups is 3. The van der Waals surface area contributed by atoms with Gasteiger partial charge >= 0.3 is 5.97 Å². The summed E-state index contributed by atoms with van der Waals surface area (Å²) in [6.45, 7) is 0.235. The van der Waals surface area contributed by atoms with Gasteiger partial charge in [-0.15, -0.1) is 11.8 Å². The highest BCUT2D eigenvalue weighted by molar-refractivity contribution is 8.00. The van der Waals surface area contributed by atoms with Crippen LogP contribution in [0.5, 0.6) is 0 Å². The zero-order chi connectivity index (χ0) is 15.7. The summed E-state index contributed by atoms with van der Waals surface area (Å²) in [5.41, 5.74) is 1.93. The van der Waals surface area contributed by atoms with E-state index in [1.165, 1.54) is 21.6 Å². The molecule has 0 unspecified atom stereocenters. The van der Waals surface area contributed by atoms with E-state index in [0.717, 1.165) is 11.1 Å². The van der Waals surface area contributed by atoms with Crippen molar-refractivity contribution in [1.82, 2.24) is 9.80 Å². The summed E-state index contributed by atoms with van der Waals surface area (Å²) < 4.78 is 0. The first kappa shape index (κ1) is 14.9. The number of rotatable bonds is 3. The Morgan fingerprint density at radius 1 is 1.27 bits per heavy atom. The van der Waals surface area contributed by atoms with Crippen LogP contribution in [0.2, 0.25) is 0 Å². The van der Waals surface area contributed by atoms with E-state index in [9.17, 15) is 19.5 Å². The quantitative estimate of drug-likeness (QED) is 0.880. The van der Waals surface area contributed by atoms with Crippen molar-refractivity contribution >= 4 is 29.5 Å². The van der Waals surface area contributed by atoms with Crippen LogP contribution < -0.4 is 0 Å². The fourth-order valence-electron chi connectivity index (χ4n) is 2.80. The van der Waals surface area contributed by atoms with Gasteiger partial charge in [-0.3, -0.25) is 9.59 Å². The average Bonchev–Trinajstić information content (AvgIpc) is 2.91. The lowest BCUT2D eigenvalue weighted by atomic mass is 9.94. The zero-order valence-electron chi connectivity index (χ0n) is 11.9. The molecule has 6 nitrogen and oxygen atoms in total. The van der Waals surface area contributed by atoms with Crippen molar-refractivity contribution in [3.05, 3.63) is 35.4 Å². The van der Waals surface area contributed by atoms with E-state index in [4.69, 9.17) is 0 Å². The molecule has 0 radical (unpaired) electrons. The Balaban J connectivity index is 1.79. The third kappa shape index (κ3) is 2.81. The largest absolute Gasteiger partial charge is 0.480 e. The van der Waals surface area contributed by atoms with Crippen LogP contribution in [0.4, 0.5) is 0 Å². The maximum atomic E-state index is 12.5. The van der Waals surface area contributed by atoms with Crippen LogP contribution >= 0.6 is 11.8 Å². The molecule has 116 valence electrons. The monoisotopic (exact) mass is 320 g/mol. The Labute approximate surface area is 132 Å². The second-order valence-corrected chi connectivity index (χ2v) is 6.37. The van der Waals surface area contributed by atoms with E-state index in [0.29, 0.717) is 18.1 Å². The fraction of sp³-hybridized carbons (Fsp3) is 0.400. The van der Waals surface area contributed by atoms with Gasteiger partial charge in [-0.25, -0.2) is 4.79 Å². The lowest BCUT2D eigenvalue weighted by Crippen LogP contribution is -2.51. The Bertz CT molecular complexity index is 634. The van der Waals surface area contributed by atoms with Gasteiger partial charge in [-0.05, 0) is 11.1 Å². The molecule has 2 amide bonds. The van der Waals surface area contributed by atoms with Crippen molar-refractivity contribution in [2.24, 2.45) is 0 Å². The number of hydrogen-bond donors (Lipinski definition) is 1. The molecule has 3 rings (SSSR count). The second kappa shape index (κ2) is 6.00. The number of carboxylic acids is 1. The highest BCUT2D eigenvalue weighted by Crippen LogP contribution is 2.24. The van der Waals surface area contributed by atoms with Crippen LogP contribution in [0.15, 0.2) is 24.3 Å². The van der Waals surface area contributed by atoms with E-state index in [1.807, 2.05) is 24.3 Å². The molecule has 2 aliphatic heterocycles. The number of fused-ring (bicyclic) bond motifs is 1. The second-order valence-electron chi connectivity index (χ2n) is 5.42. The van der Waals surface area contributed by atoms with E-state index in [2.05, 4.69) is 0 Å². The predicted octanol–water partition coefficient (Wildman–Crippen LogP) is 0.557. The SMILES string of the molecule is O=C(O)[C@H]1Cc2ccccc2CN1C(=O)CN1CSCC1=O. The number of aliphatic carboxylic acids is 1. The van der Waals surface area contributed by atoms with Crippen molar-refractivity contribution in [3.8, 4) is 0 Å². The number of carboxylic acid groups (broad SMARTS) is 1. The molecule has 0 saturated carbocycles. The number of thioether (sulfide) groups is 1. The molecule has 22 heavy (non-hydrogen) atoms. The van der Waals surface area contributed by atoms with Crippen molar-refractivity contribution < 1.29 is 19.5 Å². The number of nitrogens with zero attached hydrogens (tertiary/aromatic N) is 2. The van der Waals surface area contributed by atoms with E-state index < -0.39 is 12.0 Å². The summed E-state index contributed by atoms with van der Waals surface area (Å²) in [4.78, 5) is 38.5. The lowest BCUT2D eigenvalue weighted by Gasteiger charge is -2.35. The Morgan fingerprint density at radius 3 is 2.64 bits per heavy atom. The third-order valence-corrected chi connectivity index (χ3v) is 4.95. The summed E-state index contributed by atoms with van der Waals surface area (Å²) in [6.07, 6.45) is 0.305. The van der Waals surface area contributed by atoms with Crippen LogP contribution in [0.1, 0.15) is 11.1 Å². The van der Waals surface area contributed by atoms with Gasteiger partial charge in [0.2, 0.25) is 11.8 Å². The number of benzene rings is 1. The molecule has 1 fully saturated rings. The summed E-state index contributed by atoms with van der Waals surface area (Å²) in [6, 6.07) is 6.68. The Kier molecular flexibility index (Phi) is 4.06. The van der Waals surface area contributed by atoms with Crippen LogP contribution in [0, 0.1) is 0 Å². The molecule has 1 saturated heterocycles. The molecular formula is C15H16N2O4S. The van der Waals surface area contributed by atoms with E-state index in [-0.39, 0.29) is 24.9 Å². The van der Waals surface area contributed by atoms with Gasteiger partial charge in [0, 0.05) is 13.0 Å². The Morgan fingerprint density at radius 2 is 2.00 bits per heavy atom. The molecule has 1 aromatic rings. The molecule has 2 aliphatic rings. The first-order valence-electron chi connectivity index (χ1n) is 7.01. The molecule has 7 heteroatoms. The summed E-state index contributed by atoms with van der Waals surface area (Å²) in [7, 11) is 0. The first-order chi connectivity index (χ1) is 10.6. The first-order valence-corrected chi connectivity index (χ1v) is 8.16. The van der Waals surface area contributed by atoms with Gasteiger partial charge < -0.3 is 14.9 Å². The molecule has 0 aliphatic carbocycles. The normalized spacial score (nSPS) is 20.9. The fourth-order valence-corrected chi connectivity index (χ4v) is 3.70. The minimum Gasteiger partial charge on any atom is -0.480 e. The summed E-state index contributed by atoms with van der Waals surface area (Å²) >= 11 is 1.46. The molecule has 0 spiro atoms. The van der Waals surface area contributed by atoms with Crippen molar-refractivity contribution in [2.75, 3.05) is 18.2 Å². The van der Waals surface area contributed by atoms with Gasteiger partial charge in [0.1, 0.15) is 12.6 Å². The number of carbonyl (C=O) groups excluding carboxylic acids is 2. The van der Waals surface area contributed by atoms with E-state index >= 15 is 0 Å². The van der Waals surface area contributed by atoms with Gasteiger partial charge in [0.15, 0.2) is 0 Å². The molecular weight excluding hydrogens is 304 g/mol. The smallest absolute Gasteiger partial charge is 0.326 e. The molecule has 0 aromatic heterocycles. The van der Waals surface area contributed by atoms with Crippen molar-refractivity contribution in [2.45, 2.75) is 19.0 Å². The van der Waals surface area contributed by atoms with Gasteiger partial charge in [-0.1, -0.05) is 24.3 Å². The maximum absolute atomic E-state index is 12.5. The van der Waals surface area contributed by atoms with Crippen molar-refractivity contribution in [1.29, 1.82) is 0 Å². The molecule has 1 N–H and O–H groups in total. The van der Waals surface area contributed by atoms with Crippen molar-refractivity contribution in [3.63, 3.8) is 0 Å². The lowest BCUT2D eigenvalue weighted by molar-refractivity contribution is -0.152. The van der Waals surface area contributed by atoms with Gasteiger partial charge in [-0.2, -0.15) is 0 Å². The topological polar surface area (TPSA) is 77.9 Å². The third-order valence-electron chi connectivity index (χ3n) is 4.01. The minimum atomic E-state index is -1.01. The maximum Gasteiger partial charge on any atom is 0.326 e. The standard InChI is InChI=1S/C15H16N2O4S/c18-13(7-16-9-22-8-14(16)19)17-6-11-4-2-1-3-10(11)5-12(17)15(20)21/h1-4,12H,5-9H2,(H,20,21)/t12-/m1/s1. The molecule has 2 heterocycles. The van der Waals surface area contributed by atoms with Crippen LogP contribution in [-0.4, -0.2) is 56.9 Å².